The number of esters is 1. The summed E-state index contributed by atoms with van der Waals surface area (Å²) in [5.41, 5.74) is 7.79. The van der Waals surface area contributed by atoms with E-state index in [1.54, 1.807) is 68.5 Å². The van der Waals surface area contributed by atoms with Gasteiger partial charge in [0, 0.05) is 67.7 Å². The van der Waals surface area contributed by atoms with Crippen LogP contribution in [0.1, 0.15) is 126 Å². The molecule has 0 saturated carbocycles. The van der Waals surface area contributed by atoms with E-state index in [2.05, 4.69) is 41.6 Å². The van der Waals surface area contributed by atoms with Crippen LogP contribution in [0.4, 0.5) is 9.59 Å². The maximum Gasteiger partial charge on any atom is 0.410 e. The molecule has 1 heterocycles. The molecule has 6 N–H and O–H groups in total. The van der Waals surface area contributed by atoms with Crippen LogP contribution in [0.25, 0.3) is 21.3 Å². The van der Waals surface area contributed by atoms with Gasteiger partial charge in [-0.05, 0) is 124 Å². The second-order valence-corrected chi connectivity index (χ2v) is 18.7. The number of nitrogens with zero attached hydrogens (tertiary/aromatic N) is 4. The molecule has 2 rings (SSSR count). The molecule has 0 saturated heterocycles. The summed E-state index contributed by atoms with van der Waals surface area (Å²) in [5, 5.41) is 18.1. The molecule has 6 amide bonds. The smallest absolute Gasteiger partial charge is 0.410 e. The molecule has 0 spiro atoms. The largest absolute Gasteiger partial charge is 0.460 e. The third-order valence-electron chi connectivity index (χ3n) is 9.17. The normalized spacial score (nSPS) is 12.4. The molecular weight excluding hydrogens is 841 g/mol. The number of nitrogens with one attached hydrogen (secondary N) is 6. The fraction of sp³-hybridized carbons (Fsp3) is 0.667. The van der Waals surface area contributed by atoms with Crippen LogP contribution in [0.3, 0.4) is 0 Å². The van der Waals surface area contributed by atoms with E-state index >= 15 is 0 Å². The predicted octanol–water partition coefficient (Wildman–Crippen LogP) is 5.84. The minimum absolute atomic E-state index is 0.0373. The second kappa shape index (κ2) is 27.3. The molecule has 20 heteroatoms. The van der Waals surface area contributed by atoms with Gasteiger partial charge in [-0.25, -0.2) is 9.59 Å². The summed E-state index contributed by atoms with van der Waals surface area (Å²) in [7, 11) is 0. The van der Waals surface area contributed by atoms with Crippen molar-refractivity contribution in [3.05, 3.63) is 46.5 Å². The average molecular weight is 913 g/mol. The van der Waals surface area contributed by atoms with Crippen molar-refractivity contribution in [2.75, 3.05) is 39.3 Å². The molecule has 2 aromatic rings. The molecule has 0 aliphatic carbocycles. The van der Waals surface area contributed by atoms with Gasteiger partial charge in [0.05, 0.1) is 12.8 Å². The number of aromatic amines is 1. The van der Waals surface area contributed by atoms with Gasteiger partial charge in [-0.15, -0.1) is 0 Å². The fourth-order valence-electron chi connectivity index (χ4n) is 6.27. The van der Waals surface area contributed by atoms with Crippen LogP contribution in [-0.2, 0) is 44.6 Å². The number of fused-ring (bicyclic) bond motifs is 1. The zero-order valence-electron chi connectivity index (χ0n) is 39.7. The predicted molar refractivity (Wildman–Crippen MR) is 245 cm³/mol. The molecule has 0 radical (unpaired) electrons. The first kappa shape index (κ1) is 55.1. The number of alkyl carbamates (subject to hydrolysis) is 1. The Morgan fingerprint density at radius 2 is 1.35 bits per heavy atom. The van der Waals surface area contributed by atoms with Gasteiger partial charge in [-0.2, -0.15) is 0 Å². The number of azide groups is 1. The van der Waals surface area contributed by atoms with Crippen molar-refractivity contribution >= 4 is 52.7 Å². The number of benzene rings is 1. The summed E-state index contributed by atoms with van der Waals surface area (Å²) in [6.45, 7) is 17.0. The molecule has 362 valence electrons. The Hall–Kier alpha value is -6.04. The fourth-order valence-corrected chi connectivity index (χ4v) is 6.27. The number of carbonyl (C=O) groups is 7. The first-order valence-corrected chi connectivity index (χ1v) is 22.3. The lowest BCUT2D eigenvalue weighted by Crippen LogP contribution is -2.55. The first-order chi connectivity index (χ1) is 30.5. The SMILES string of the molecule is CC(C)(C)OC(=O)C[C@H](NC(=O)[C@H](CCCNC(=O)OC(C)(C)C)NC(=O)Cc1c[nH]c2ccccc12)C(=O)NCCCCCNC(=O)CCN(CCCCN=[N+]=[N-])C(=O)OC(C)(C)C. The Kier molecular flexibility index (Phi) is 23.2. The van der Waals surface area contributed by atoms with Gasteiger partial charge in [-0.3, -0.25) is 24.0 Å². The van der Waals surface area contributed by atoms with E-state index in [-0.39, 0.29) is 51.2 Å². The lowest BCUT2D eigenvalue weighted by Gasteiger charge is -2.27. The van der Waals surface area contributed by atoms with E-state index in [1.807, 2.05) is 24.3 Å². The molecule has 20 nitrogen and oxygen atoms in total. The number of carbonyl (C=O) groups excluding carboxylic acids is 7. The maximum atomic E-state index is 13.9. The van der Waals surface area contributed by atoms with Crippen molar-refractivity contribution in [2.24, 2.45) is 5.11 Å². The van der Waals surface area contributed by atoms with E-state index in [1.165, 1.54) is 4.90 Å². The van der Waals surface area contributed by atoms with Crippen LogP contribution < -0.4 is 26.6 Å². The minimum Gasteiger partial charge on any atom is -0.460 e. The Morgan fingerprint density at radius 1 is 0.708 bits per heavy atom. The molecule has 0 fully saturated rings. The molecule has 0 bridgehead atoms. The monoisotopic (exact) mass is 913 g/mol. The molecule has 0 aliphatic rings. The zero-order chi connectivity index (χ0) is 48.6. The van der Waals surface area contributed by atoms with Crippen LogP contribution in [-0.4, -0.2) is 120 Å². The van der Waals surface area contributed by atoms with E-state index in [0.717, 1.165) is 16.5 Å². The molecule has 2 atom stereocenters. The number of rotatable bonds is 26. The van der Waals surface area contributed by atoms with Gasteiger partial charge in [0.15, 0.2) is 0 Å². The van der Waals surface area contributed by atoms with Gasteiger partial charge < -0.3 is 50.7 Å². The third kappa shape index (κ3) is 24.6. The highest BCUT2D eigenvalue weighted by Crippen LogP contribution is 2.19. The lowest BCUT2D eigenvalue weighted by molar-refractivity contribution is -0.156. The Morgan fingerprint density at radius 3 is 2.02 bits per heavy atom. The van der Waals surface area contributed by atoms with Crippen LogP contribution in [0.15, 0.2) is 35.6 Å². The third-order valence-corrected chi connectivity index (χ3v) is 9.17. The number of ether oxygens (including phenoxy) is 3. The summed E-state index contributed by atoms with van der Waals surface area (Å²) >= 11 is 0. The lowest BCUT2D eigenvalue weighted by atomic mass is 10.1. The number of H-pyrrole nitrogens is 1. The van der Waals surface area contributed by atoms with Gasteiger partial charge in [0.2, 0.25) is 23.6 Å². The highest BCUT2D eigenvalue weighted by Gasteiger charge is 2.31. The number of hydrogen-bond acceptors (Lipinski definition) is 11. The van der Waals surface area contributed by atoms with E-state index in [0.29, 0.717) is 51.7 Å². The molecule has 0 unspecified atom stereocenters. The van der Waals surface area contributed by atoms with Crippen LogP contribution in [0.2, 0.25) is 0 Å². The van der Waals surface area contributed by atoms with Crippen LogP contribution in [0, 0.1) is 0 Å². The summed E-state index contributed by atoms with van der Waals surface area (Å²) in [5.74, 6) is -2.73. The Bertz CT molecular complexity index is 1930. The molecule has 0 aliphatic heterocycles. The van der Waals surface area contributed by atoms with Gasteiger partial charge >= 0.3 is 18.2 Å². The Balaban J connectivity index is 2.01. The second-order valence-electron chi connectivity index (χ2n) is 18.7. The van der Waals surface area contributed by atoms with Crippen molar-refractivity contribution in [3.63, 3.8) is 0 Å². The number of amides is 6. The van der Waals surface area contributed by atoms with Crippen LogP contribution in [0.5, 0.6) is 0 Å². The molecule has 65 heavy (non-hydrogen) atoms. The van der Waals surface area contributed by atoms with Crippen molar-refractivity contribution in [1.82, 2.24) is 36.5 Å². The summed E-state index contributed by atoms with van der Waals surface area (Å²) in [4.78, 5) is 98.8. The first-order valence-electron chi connectivity index (χ1n) is 22.3. The standard InChI is InChI=1S/C45H72N10O10/c1-43(2,3)63-38(58)29-35(39(59)48-23-14-10-13-22-47-36(56)21-27-55(26-16-15-25-51-54-46)42(62)65-45(7,8)9)53-40(60)34(20-17-24-49-41(61)64-44(4,5)6)52-37(57)28-31-30-50-33-19-12-11-18-32(31)33/h11-12,18-19,30,34-35,50H,10,13-17,20-29H2,1-9H3,(H,47,56)(H,48,59)(H,49,61)(H,52,57)(H,53,60)/t34-,35-/m0/s1. The molecule has 1 aromatic heterocycles. The highest BCUT2D eigenvalue weighted by atomic mass is 16.6. The molecule has 1 aromatic carbocycles. The zero-order valence-corrected chi connectivity index (χ0v) is 39.7. The van der Waals surface area contributed by atoms with Crippen molar-refractivity contribution in [2.45, 2.75) is 155 Å². The van der Waals surface area contributed by atoms with E-state index < -0.39 is 71.2 Å². The van der Waals surface area contributed by atoms with E-state index in [9.17, 15) is 33.6 Å². The maximum absolute atomic E-state index is 13.9. The minimum atomic E-state index is -1.34. The van der Waals surface area contributed by atoms with Crippen LogP contribution >= 0.6 is 0 Å². The number of aromatic nitrogens is 1. The summed E-state index contributed by atoms with van der Waals surface area (Å²) in [6.07, 6.45) is 3.37. The summed E-state index contributed by atoms with van der Waals surface area (Å²) < 4.78 is 16.2. The highest BCUT2D eigenvalue weighted by molar-refractivity contribution is 5.95. The number of hydrogen-bond donors (Lipinski definition) is 6. The van der Waals surface area contributed by atoms with Gasteiger partial charge in [0.25, 0.3) is 0 Å². The van der Waals surface area contributed by atoms with Gasteiger partial charge in [-0.1, -0.05) is 23.3 Å². The Labute approximate surface area is 382 Å². The molecular formula is C45H72N10O10. The van der Waals surface area contributed by atoms with Crippen molar-refractivity contribution in [3.8, 4) is 0 Å². The van der Waals surface area contributed by atoms with Crippen molar-refractivity contribution in [1.29, 1.82) is 0 Å². The number of unbranched alkanes of at least 4 members (excludes halogenated alkanes) is 3. The van der Waals surface area contributed by atoms with Crippen molar-refractivity contribution < 1.29 is 47.8 Å². The summed E-state index contributed by atoms with van der Waals surface area (Å²) in [6, 6.07) is 5.03. The average Bonchev–Trinajstić information content (AvgIpc) is 3.59. The van der Waals surface area contributed by atoms with Gasteiger partial charge in [0.1, 0.15) is 28.9 Å². The van der Waals surface area contributed by atoms with E-state index in [4.69, 9.17) is 19.7 Å². The number of para-hydroxylation sites is 1. The quantitative estimate of drug-likeness (QED) is 0.0164. The topological polar surface area (TPSA) is 275 Å².